The summed E-state index contributed by atoms with van der Waals surface area (Å²) in [5.41, 5.74) is 2.40. The van der Waals surface area contributed by atoms with E-state index in [1.807, 2.05) is 44.1 Å². The highest BCUT2D eigenvalue weighted by Gasteiger charge is 2.45. The quantitative estimate of drug-likeness (QED) is 0.528. The van der Waals surface area contributed by atoms with Crippen molar-refractivity contribution in [2.45, 2.75) is 37.5 Å². The van der Waals surface area contributed by atoms with Gasteiger partial charge in [0.2, 0.25) is 15.9 Å². The Balaban J connectivity index is 1.49. The molecule has 180 valence electrons. The van der Waals surface area contributed by atoms with E-state index in [1.54, 1.807) is 6.07 Å². The van der Waals surface area contributed by atoms with E-state index < -0.39 is 22.0 Å². The second kappa shape index (κ2) is 9.44. The Morgan fingerprint density at radius 2 is 1.94 bits per heavy atom. The minimum absolute atomic E-state index is 0.0868. The van der Waals surface area contributed by atoms with Crippen LogP contribution in [0.25, 0.3) is 10.9 Å². The van der Waals surface area contributed by atoms with Crippen molar-refractivity contribution in [3.8, 4) is 0 Å². The molecule has 10 heteroatoms. The van der Waals surface area contributed by atoms with Gasteiger partial charge in [0.25, 0.3) is 5.91 Å². The smallest absolute Gasteiger partial charge is 0.267 e. The van der Waals surface area contributed by atoms with Crippen molar-refractivity contribution in [1.29, 1.82) is 0 Å². The highest BCUT2D eigenvalue weighted by molar-refractivity contribution is 7.90. The van der Waals surface area contributed by atoms with Gasteiger partial charge in [-0.2, -0.15) is 0 Å². The van der Waals surface area contributed by atoms with E-state index in [0.29, 0.717) is 44.6 Å². The van der Waals surface area contributed by atoms with Crippen LogP contribution in [0.4, 0.5) is 0 Å². The largest absolute Gasteiger partial charge is 0.354 e. The predicted molar refractivity (Wildman–Crippen MR) is 127 cm³/mol. The SMILES string of the molecule is Cc1ccc2[nH]c(C(=O)N[C@H]3CCN(S(=O)(=O)C4CC4)C[C@@H]3C(=O)NCCN(C)C)cc2c1. The summed E-state index contributed by atoms with van der Waals surface area (Å²) in [6.45, 7) is 3.52. The summed E-state index contributed by atoms with van der Waals surface area (Å²) in [6.07, 6.45) is 1.75. The number of nitrogens with zero attached hydrogens (tertiary/aromatic N) is 2. The van der Waals surface area contributed by atoms with E-state index in [4.69, 9.17) is 0 Å². The monoisotopic (exact) mass is 475 g/mol. The van der Waals surface area contributed by atoms with E-state index in [9.17, 15) is 18.0 Å². The second-order valence-corrected chi connectivity index (χ2v) is 11.7. The number of benzene rings is 1. The summed E-state index contributed by atoms with van der Waals surface area (Å²) in [4.78, 5) is 31.2. The summed E-state index contributed by atoms with van der Waals surface area (Å²) in [5, 5.41) is 6.53. The number of rotatable bonds is 8. The maximum atomic E-state index is 13.0. The van der Waals surface area contributed by atoms with Gasteiger partial charge in [0.1, 0.15) is 5.69 Å². The molecule has 2 heterocycles. The molecule has 1 aromatic heterocycles. The van der Waals surface area contributed by atoms with E-state index in [2.05, 4.69) is 15.6 Å². The number of piperidine rings is 1. The third-order valence-corrected chi connectivity index (χ3v) is 8.78. The molecule has 2 fully saturated rings. The first kappa shape index (κ1) is 23.7. The van der Waals surface area contributed by atoms with E-state index in [0.717, 1.165) is 16.5 Å². The zero-order chi connectivity index (χ0) is 23.8. The molecule has 0 spiro atoms. The van der Waals surface area contributed by atoms with Crippen LogP contribution in [0.5, 0.6) is 0 Å². The number of nitrogens with one attached hydrogen (secondary N) is 3. The molecule has 2 amide bonds. The average molecular weight is 476 g/mol. The van der Waals surface area contributed by atoms with E-state index in [-0.39, 0.29) is 23.6 Å². The predicted octanol–water partition coefficient (Wildman–Crippen LogP) is 1.07. The molecule has 2 aromatic rings. The van der Waals surface area contributed by atoms with Crippen LogP contribution < -0.4 is 10.6 Å². The van der Waals surface area contributed by atoms with Crippen LogP contribution in [0.3, 0.4) is 0 Å². The number of hydrogen-bond donors (Lipinski definition) is 3. The van der Waals surface area contributed by atoms with E-state index in [1.165, 1.54) is 4.31 Å². The number of aryl methyl sites for hydroxylation is 1. The standard InChI is InChI=1S/C23H33N5O4S/c1-15-4-7-19-16(12-15)13-21(25-19)23(30)26-20-8-10-28(33(31,32)17-5-6-17)14-18(20)22(29)24-9-11-27(2)3/h4,7,12-13,17-18,20,25H,5-6,8-11,14H2,1-3H3,(H,24,29)(H,26,30)/t18-,20-/m0/s1. The van der Waals surface area contributed by atoms with Gasteiger partial charge in [-0.25, -0.2) is 12.7 Å². The Labute approximate surface area is 194 Å². The number of likely N-dealkylation sites (N-methyl/N-ethyl adjacent to an activating group) is 1. The van der Waals surface area contributed by atoms with Crippen LogP contribution in [0.15, 0.2) is 24.3 Å². The van der Waals surface area contributed by atoms with Gasteiger partial charge < -0.3 is 20.5 Å². The van der Waals surface area contributed by atoms with Crippen LogP contribution in [-0.4, -0.2) is 86.0 Å². The maximum Gasteiger partial charge on any atom is 0.267 e. The van der Waals surface area contributed by atoms with Crippen molar-refractivity contribution < 1.29 is 18.0 Å². The molecule has 2 atom stereocenters. The molecule has 1 aliphatic carbocycles. The van der Waals surface area contributed by atoms with Gasteiger partial charge in [-0.1, -0.05) is 11.6 Å². The molecule has 3 N–H and O–H groups in total. The Morgan fingerprint density at radius 3 is 2.64 bits per heavy atom. The number of fused-ring (bicyclic) bond motifs is 1. The van der Waals surface area contributed by atoms with E-state index >= 15 is 0 Å². The van der Waals surface area contributed by atoms with Crippen LogP contribution >= 0.6 is 0 Å². The first-order chi connectivity index (χ1) is 15.6. The van der Waals surface area contributed by atoms with Crippen molar-refractivity contribution in [3.05, 3.63) is 35.5 Å². The number of aromatic amines is 1. The van der Waals surface area contributed by atoms with Crippen molar-refractivity contribution in [1.82, 2.24) is 24.8 Å². The molecule has 2 aliphatic rings. The fraction of sp³-hybridized carbons (Fsp3) is 0.565. The fourth-order valence-corrected chi connectivity index (χ4v) is 6.20. The number of carbonyl (C=O) groups is 2. The number of sulfonamides is 1. The number of hydrogen-bond acceptors (Lipinski definition) is 5. The normalized spacial score (nSPS) is 21.9. The first-order valence-electron chi connectivity index (χ1n) is 11.5. The lowest BCUT2D eigenvalue weighted by Gasteiger charge is -2.37. The lowest BCUT2D eigenvalue weighted by atomic mass is 9.92. The second-order valence-electron chi connectivity index (χ2n) is 9.45. The van der Waals surface area contributed by atoms with Crippen molar-refractivity contribution in [2.75, 3.05) is 40.3 Å². The van der Waals surface area contributed by atoms with Gasteiger partial charge in [0.05, 0.1) is 11.2 Å². The highest BCUT2D eigenvalue weighted by Crippen LogP contribution is 2.33. The zero-order valence-corrected chi connectivity index (χ0v) is 20.2. The van der Waals surface area contributed by atoms with Gasteiger partial charge in [-0.3, -0.25) is 9.59 Å². The van der Waals surface area contributed by atoms with Crippen LogP contribution in [0, 0.1) is 12.8 Å². The fourth-order valence-electron chi connectivity index (χ4n) is 4.32. The molecule has 1 saturated carbocycles. The molecule has 1 saturated heterocycles. The molecule has 1 aromatic carbocycles. The summed E-state index contributed by atoms with van der Waals surface area (Å²) >= 11 is 0. The lowest BCUT2D eigenvalue weighted by Crippen LogP contribution is -2.57. The number of amides is 2. The van der Waals surface area contributed by atoms with Crippen molar-refractivity contribution in [3.63, 3.8) is 0 Å². The topological polar surface area (TPSA) is 115 Å². The number of H-pyrrole nitrogens is 1. The van der Waals surface area contributed by atoms with Gasteiger partial charge in [0, 0.05) is 43.1 Å². The summed E-state index contributed by atoms with van der Waals surface area (Å²) < 4.78 is 27.0. The molecule has 0 bridgehead atoms. The molecular weight excluding hydrogens is 442 g/mol. The van der Waals surface area contributed by atoms with Crippen molar-refractivity contribution >= 4 is 32.7 Å². The third kappa shape index (κ3) is 5.39. The molecule has 1 aliphatic heterocycles. The molecule has 0 radical (unpaired) electrons. The minimum Gasteiger partial charge on any atom is -0.354 e. The van der Waals surface area contributed by atoms with Crippen LogP contribution in [0.2, 0.25) is 0 Å². The number of aromatic nitrogens is 1. The first-order valence-corrected chi connectivity index (χ1v) is 13.0. The van der Waals surface area contributed by atoms with Gasteiger partial charge in [-0.15, -0.1) is 0 Å². The Hall–Kier alpha value is -2.43. The summed E-state index contributed by atoms with van der Waals surface area (Å²) in [5.74, 6) is -1.17. The average Bonchev–Trinajstić information content (AvgIpc) is 3.54. The minimum atomic E-state index is -3.39. The van der Waals surface area contributed by atoms with Crippen LogP contribution in [-0.2, 0) is 14.8 Å². The van der Waals surface area contributed by atoms with Gasteiger partial charge in [-0.05, 0) is 58.5 Å². The zero-order valence-electron chi connectivity index (χ0n) is 19.4. The molecular formula is C23H33N5O4S. The van der Waals surface area contributed by atoms with Gasteiger partial charge >= 0.3 is 0 Å². The molecule has 9 nitrogen and oxygen atoms in total. The molecule has 33 heavy (non-hydrogen) atoms. The Kier molecular flexibility index (Phi) is 6.78. The Morgan fingerprint density at radius 1 is 1.18 bits per heavy atom. The highest BCUT2D eigenvalue weighted by atomic mass is 32.2. The third-order valence-electron chi connectivity index (χ3n) is 6.41. The maximum absolute atomic E-state index is 13.0. The molecule has 4 rings (SSSR count). The summed E-state index contributed by atoms with van der Waals surface area (Å²) in [6, 6.07) is 7.27. The molecule has 0 unspecified atom stereocenters. The van der Waals surface area contributed by atoms with Gasteiger partial charge in [0.15, 0.2) is 0 Å². The van der Waals surface area contributed by atoms with Crippen molar-refractivity contribution in [2.24, 2.45) is 5.92 Å². The lowest BCUT2D eigenvalue weighted by molar-refractivity contribution is -0.126. The summed E-state index contributed by atoms with van der Waals surface area (Å²) in [7, 11) is 0.448. The van der Waals surface area contributed by atoms with Crippen LogP contribution in [0.1, 0.15) is 35.3 Å². The Bertz CT molecular complexity index is 1140. The number of carbonyl (C=O) groups excluding carboxylic acids is 2.